The molecule has 0 atom stereocenters. The van der Waals surface area contributed by atoms with Crippen LogP contribution in [0.3, 0.4) is 0 Å². The Balaban J connectivity index is 1.59. The van der Waals surface area contributed by atoms with Crippen molar-refractivity contribution in [3.8, 4) is 0 Å². The highest BCUT2D eigenvalue weighted by Gasteiger charge is 2.16. The van der Waals surface area contributed by atoms with Crippen LogP contribution in [0.1, 0.15) is 56.0 Å². The number of hydrogen-bond acceptors (Lipinski definition) is 4. The highest BCUT2D eigenvalue weighted by Crippen LogP contribution is 2.27. The first-order chi connectivity index (χ1) is 10.3. The Labute approximate surface area is 124 Å². The lowest BCUT2D eigenvalue weighted by molar-refractivity contribution is 0.288. The molecule has 0 aliphatic heterocycles. The minimum Gasteiger partial charge on any atom is -0.396 e. The van der Waals surface area contributed by atoms with E-state index in [0.29, 0.717) is 12.6 Å². The SMILES string of the molecule is OCCCc1cn(Cc2ccn(C3CCCCC3)n2)nn1. The van der Waals surface area contributed by atoms with Crippen molar-refractivity contribution in [3.63, 3.8) is 0 Å². The van der Waals surface area contributed by atoms with Crippen LogP contribution in [-0.2, 0) is 13.0 Å². The molecule has 1 fully saturated rings. The summed E-state index contributed by atoms with van der Waals surface area (Å²) in [6.07, 6.45) is 12.0. The first-order valence-electron chi connectivity index (χ1n) is 7.89. The zero-order valence-corrected chi connectivity index (χ0v) is 12.4. The monoisotopic (exact) mass is 289 g/mol. The Morgan fingerprint density at radius 1 is 1.19 bits per heavy atom. The van der Waals surface area contributed by atoms with Gasteiger partial charge in [0.2, 0.25) is 0 Å². The summed E-state index contributed by atoms with van der Waals surface area (Å²) in [5, 5.41) is 21.8. The minimum atomic E-state index is 0.193. The van der Waals surface area contributed by atoms with Gasteiger partial charge in [0.15, 0.2) is 0 Å². The maximum atomic E-state index is 8.83. The van der Waals surface area contributed by atoms with Crippen LogP contribution in [0.5, 0.6) is 0 Å². The molecular formula is C15H23N5O. The first-order valence-corrected chi connectivity index (χ1v) is 7.89. The molecule has 6 nitrogen and oxygen atoms in total. The number of aromatic nitrogens is 5. The fourth-order valence-electron chi connectivity index (χ4n) is 2.97. The quantitative estimate of drug-likeness (QED) is 0.882. The van der Waals surface area contributed by atoms with Gasteiger partial charge in [-0.1, -0.05) is 24.5 Å². The lowest BCUT2D eigenvalue weighted by atomic mass is 9.96. The molecule has 21 heavy (non-hydrogen) atoms. The van der Waals surface area contributed by atoms with E-state index in [1.54, 1.807) is 0 Å². The van der Waals surface area contributed by atoms with Crippen LogP contribution in [0.15, 0.2) is 18.5 Å². The summed E-state index contributed by atoms with van der Waals surface area (Å²) < 4.78 is 3.94. The number of aliphatic hydroxyl groups excluding tert-OH is 1. The Kier molecular flexibility index (Phi) is 4.65. The van der Waals surface area contributed by atoms with Gasteiger partial charge in [-0.2, -0.15) is 5.10 Å². The molecule has 1 N–H and O–H groups in total. The number of rotatable bonds is 6. The third-order valence-corrected chi connectivity index (χ3v) is 4.11. The van der Waals surface area contributed by atoms with E-state index in [9.17, 15) is 0 Å². The van der Waals surface area contributed by atoms with Gasteiger partial charge in [-0.15, -0.1) is 5.10 Å². The van der Waals surface area contributed by atoms with Crippen molar-refractivity contribution in [3.05, 3.63) is 29.8 Å². The van der Waals surface area contributed by atoms with Gasteiger partial charge in [-0.05, 0) is 31.7 Å². The van der Waals surface area contributed by atoms with Crippen LogP contribution in [0, 0.1) is 0 Å². The van der Waals surface area contributed by atoms with Gasteiger partial charge in [0.05, 0.1) is 24.0 Å². The molecule has 2 aromatic heterocycles. The molecule has 6 heteroatoms. The number of nitrogens with zero attached hydrogens (tertiary/aromatic N) is 5. The normalized spacial score (nSPS) is 16.4. The van der Waals surface area contributed by atoms with Crippen LogP contribution in [0.4, 0.5) is 0 Å². The molecule has 1 saturated carbocycles. The molecule has 0 bridgehead atoms. The lowest BCUT2D eigenvalue weighted by Crippen LogP contribution is -2.13. The molecule has 2 aromatic rings. The van der Waals surface area contributed by atoms with Crippen LogP contribution in [0.2, 0.25) is 0 Å². The van der Waals surface area contributed by atoms with Gasteiger partial charge in [0.1, 0.15) is 0 Å². The van der Waals surface area contributed by atoms with Crippen molar-refractivity contribution in [2.75, 3.05) is 6.61 Å². The van der Waals surface area contributed by atoms with E-state index < -0.39 is 0 Å². The van der Waals surface area contributed by atoms with E-state index in [1.807, 2.05) is 10.9 Å². The molecule has 0 unspecified atom stereocenters. The molecule has 0 aromatic carbocycles. The highest BCUT2D eigenvalue weighted by molar-refractivity contribution is 5.02. The predicted octanol–water partition coefficient (Wildman–Crippen LogP) is 1.95. The smallest absolute Gasteiger partial charge is 0.0867 e. The van der Waals surface area contributed by atoms with Gasteiger partial charge in [-0.25, -0.2) is 4.68 Å². The van der Waals surface area contributed by atoms with Crippen molar-refractivity contribution >= 4 is 0 Å². The molecule has 0 saturated heterocycles. The summed E-state index contributed by atoms with van der Waals surface area (Å²) >= 11 is 0. The molecule has 1 aliphatic carbocycles. The van der Waals surface area contributed by atoms with E-state index in [1.165, 1.54) is 32.1 Å². The Morgan fingerprint density at radius 2 is 2.05 bits per heavy atom. The maximum absolute atomic E-state index is 8.83. The Hall–Kier alpha value is -1.69. The summed E-state index contributed by atoms with van der Waals surface area (Å²) in [5.41, 5.74) is 1.95. The Morgan fingerprint density at radius 3 is 2.86 bits per heavy atom. The standard InChI is InChI=1S/C15H23N5O/c21-10-4-5-13-11-19(18-16-13)12-14-8-9-20(17-14)15-6-2-1-3-7-15/h8-9,11,15,21H,1-7,10,12H2. The second kappa shape index (κ2) is 6.85. The molecule has 1 aliphatic rings. The first kappa shape index (κ1) is 14.3. The maximum Gasteiger partial charge on any atom is 0.0867 e. The third-order valence-electron chi connectivity index (χ3n) is 4.11. The second-order valence-electron chi connectivity index (χ2n) is 5.81. The number of hydrogen-bond donors (Lipinski definition) is 1. The van der Waals surface area contributed by atoms with Crippen molar-refractivity contribution in [1.82, 2.24) is 24.8 Å². The zero-order valence-electron chi connectivity index (χ0n) is 12.4. The van der Waals surface area contributed by atoms with Crippen LogP contribution >= 0.6 is 0 Å². The molecule has 0 amide bonds. The van der Waals surface area contributed by atoms with Crippen LogP contribution in [0.25, 0.3) is 0 Å². The zero-order chi connectivity index (χ0) is 14.5. The van der Waals surface area contributed by atoms with Gasteiger partial charge >= 0.3 is 0 Å². The van der Waals surface area contributed by atoms with Crippen molar-refractivity contribution in [2.24, 2.45) is 0 Å². The molecule has 114 valence electrons. The van der Waals surface area contributed by atoms with Crippen LogP contribution < -0.4 is 0 Å². The predicted molar refractivity (Wildman–Crippen MR) is 78.9 cm³/mol. The van der Waals surface area contributed by atoms with Crippen molar-refractivity contribution in [1.29, 1.82) is 0 Å². The Bertz CT molecular complexity index is 556. The lowest BCUT2D eigenvalue weighted by Gasteiger charge is -2.21. The summed E-state index contributed by atoms with van der Waals surface area (Å²) in [7, 11) is 0. The van der Waals surface area contributed by atoms with Gasteiger partial charge in [0, 0.05) is 19.0 Å². The fourth-order valence-corrected chi connectivity index (χ4v) is 2.97. The summed E-state index contributed by atoms with van der Waals surface area (Å²) in [5.74, 6) is 0. The molecule has 3 rings (SSSR count). The largest absolute Gasteiger partial charge is 0.396 e. The highest BCUT2D eigenvalue weighted by atomic mass is 16.2. The van der Waals surface area contributed by atoms with Gasteiger partial charge in [0.25, 0.3) is 0 Å². The summed E-state index contributed by atoms with van der Waals surface area (Å²) in [6.45, 7) is 0.852. The molecule has 0 spiro atoms. The molecule has 0 radical (unpaired) electrons. The van der Waals surface area contributed by atoms with E-state index in [-0.39, 0.29) is 6.61 Å². The number of aryl methyl sites for hydroxylation is 1. The third kappa shape index (κ3) is 3.69. The topological polar surface area (TPSA) is 68.8 Å². The van der Waals surface area contributed by atoms with Gasteiger partial charge < -0.3 is 5.11 Å². The molecular weight excluding hydrogens is 266 g/mol. The van der Waals surface area contributed by atoms with Crippen molar-refractivity contribution < 1.29 is 5.11 Å². The van der Waals surface area contributed by atoms with Crippen LogP contribution in [-0.4, -0.2) is 36.5 Å². The van der Waals surface area contributed by atoms with E-state index in [2.05, 4.69) is 32.4 Å². The average molecular weight is 289 g/mol. The fraction of sp³-hybridized carbons (Fsp3) is 0.667. The number of aliphatic hydroxyl groups is 1. The van der Waals surface area contributed by atoms with E-state index >= 15 is 0 Å². The van der Waals surface area contributed by atoms with E-state index in [4.69, 9.17) is 5.11 Å². The van der Waals surface area contributed by atoms with Crippen molar-refractivity contribution in [2.45, 2.75) is 57.5 Å². The average Bonchev–Trinajstić information content (AvgIpc) is 3.16. The van der Waals surface area contributed by atoms with Gasteiger partial charge in [-0.3, -0.25) is 4.68 Å². The minimum absolute atomic E-state index is 0.193. The second-order valence-corrected chi connectivity index (χ2v) is 5.81. The molecule has 2 heterocycles. The summed E-state index contributed by atoms with van der Waals surface area (Å²) in [6, 6.07) is 2.65. The van der Waals surface area contributed by atoms with E-state index in [0.717, 1.165) is 24.2 Å². The summed E-state index contributed by atoms with van der Waals surface area (Å²) in [4.78, 5) is 0.